The fraction of sp³-hybridized carbons (Fsp3) is 0.0833. The summed E-state index contributed by atoms with van der Waals surface area (Å²) in [5.74, 6) is -0.294. The summed E-state index contributed by atoms with van der Waals surface area (Å²) in [6.07, 6.45) is 3.36. The SMILES string of the molecule is NC(c1cccnc1)c1cc(F)ccc1Br. The zero-order chi connectivity index (χ0) is 11.5. The van der Waals surface area contributed by atoms with Crippen LogP contribution < -0.4 is 5.73 Å². The largest absolute Gasteiger partial charge is 0.320 e. The highest BCUT2D eigenvalue weighted by Crippen LogP contribution is 2.26. The van der Waals surface area contributed by atoms with E-state index in [9.17, 15) is 4.39 Å². The van der Waals surface area contributed by atoms with Gasteiger partial charge >= 0.3 is 0 Å². The van der Waals surface area contributed by atoms with Gasteiger partial charge in [0, 0.05) is 16.9 Å². The van der Waals surface area contributed by atoms with Gasteiger partial charge < -0.3 is 5.73 Å². The van der Waals surface area contributed by atoms with E-state index in [1.807, 2.05) is 12.1 Å². The zero-order valence-corrected chi connectivity index (χ0v) is 9.99. The minimum Gasteiger partial charge on any atom is -0.320 e. The van der Waals surface area contributed by atoms with E-state index in [4.69, 9.17) is 5.73 Å². The maximum Gasteiger partial charge on any atom is 0.123 e. The molecule has 0 bridgehead atoms. The molecule has 1 heterocycles. The lowest BCUT2D eigenvalue weighted by atomic mass is 10.0. The van der Waals surface area contributed by atoms with Crippen LogP contribution in [0.25, 0.3) is 0 Å². The first kappa shape index (κ1) is 11.2. The molecule has 0 spiro atoms. The first-order valence-corrected chi connectivity index (χ1v) is 5.58. The van der Waals surface area contributed by atoms with Gasteiger partial charge in [-0.1, -0.05) is 22.0 Å². The molecule has 2 N–H and O–H groups in total. The Morgan fingerprint density at radius 3 is 2.81 bits per heavy atom. The van der Waals surface area contributed by atoms with Gasteiger partial charge in [-0.05, 0) is 35.4 Å². The van der Waals surface area contributed by atoms with Crippen molar-refractivity contribution in [2.75, 3.05) is 0 Å². The molecule has 2 aromatic rings. The van der Waals surface area contributed by atoms with Crippen molar-refractivity contribution in [1.29, 1.82) is 0 Å². The van der Waals surface area contributed by atoms with E-state index in [-0.39, 0.29) is 11.9 Å². The fourth-order valence-electron chi connectivity index (χ4n) is 1.49. The lowest BCUT2D eigenvalue weighted by Gasteiger charge is -2.13. The molecular formula is C12H10BrFN2. The van der Waals surface area contributed by atoms with Crippen LogP contribution in [-0.4, -0.2) is 4.98 Å². The van der Waals surface area contributed by atoms with Gasteiger partial charge in [0.25, 0.3) is 0 Å². The molecule has 16 heavy (non-hydrogen) atoms. The maximum absolute atomic E-state index is 13.1. The summed E-state index contributed by atoms with van der Waals surface area (Å²) in [4.78, 5) is 3.99. The molecule has 0 aliphatic carbocycles. The summed E-state index contributed by atoms with van der Waals surface area (Å²) in [5.41, 5.74) is 7.62. The maximum atomic E-state index is 13.1. The molecule has 0 aliphatic rings. The van der Waals surface area contributed by atoms with Crippen LogP contribution in [0.15, 0.2) is 47.2 Å². The Morgan fingerprint density at radius 2 is 2.12 bits per heavy atom. The molecule has 82 valence electrons. The van der Waals surface area contributed by atoms with Gasteiger partial charge in [-0.15, -0.1) is 0 Å². The molecule has 0 amide bonds. The van der Waals surface area contributed by atoms with E-state index >= 15 is 0 Å². The number of nitrogens with two attached hydrogens (primary N) is 1. The Balaban J connectivity index is 2.41. The summed E-state index contributed by atoms with van der Waals surface area (Å²) in [6, 6.07) is 7.78. The van der Waals surface area contributed by atoms with E-state index in [0.717, 1.165) is 10.0 Å². The molecular weight excluding hydrogens is 271 g/mol. The van der Waals surface area contributed by atoms with Crippen LogP contribution in [0.2, 0.25) is 0 Å². The smallest absolute Gasteiger partial charge is 0.123 e. The number of pyridine rings is 1. The van der Waals surface area contributed by atoms with Gasteiger partial charge in [0.15, 0.2) is 0 Å². The molecule has 0 aliphatic heterocycles. The molecule has 0 radical (unpaired) electrons. The number of benzene rings is 1. The minimum atomic E-state index is -0.376. The van der Waals surface area contributed by atoms with Crippen LogP contribution in [0.5, 0.6) is 0 Å². The predicted molar refractivity (Wildman–Crippen MR) is 64.4 cm³/mol. The number of aromatic nitrogens is 1. The average Bonchev–Trinajstić information content (AvgIpc) is 2.32. The molecule has 1 aromatic heterocycles. The van der Waals surface area contributed by atoms with Gasteiger partial charge in [-0.2, -0.15) is 0 Å². The van der Waals surface area contributed by atoms with Crippen molar-refractivity contribution < 1.29 is 4.39 Å². The second kappa shape index (κ2) is 4.72. The lowest BCUT2D eigenvalue weighted by molar-refractivity contribution is 0.623. The Bertz CT molecular complexity index is 488. The van der Waals surface area contributed by atoms with Crippen LogP contribution in [0.4, 0.5) is 4.39 Å². The topological polar surface area (TPSA) is 38.9 Å². The third kappa shape index (κ3) is 2.28. The summed E-state index contributed by atoms with van der Waals surface area (Å²) < 4.78 is 13.9. The van der Waals surface area contributed by atoms with Crippen LogP contribution in [-0.2, 0) is 0 Å². The normalized spacial score (nSPS) is 12.4. The van der Waals surface area contributed by atoms with Gasteiger partial charge in [0.05, 0.1) is 6.04 Å². The Hall–Kier alpha value is -1.26. The van der Waals surface area contributed by atoms with Crippen molar-refractivity contribution >= 4 is 15.9 Å². The number of hydrogen-bond donors (Lipinski definition) is 1. The van der Waals surface area contributed by atoms with Crippen molar-refractivity contribution in [3.63, 3.8) is 0 Å². The first-order valence-electron chi connectivity index (χ1n) is 4.79. The Morgan fingerprint density at radius 1 is 1.31 bits per heavy atom. The van der Waals surface area contributed by atoms with E-state index in [0.29, 0.717) is 5.56 Å². The van der Waals surface area contributed by atoms with Crippen molar-refractivity contribution in [3.8, 4) is 0 Å². The monoisotopic (exact) mass is 280 g/mol. The predicted octanol–water partition coefficient (Wildman–Crippen LogP) is 3.03. The van der Waals surface area contributed by atoms with Crippen molar-refractivity contribution in [2.24, 2.45) is 5.73 Å². The van der Waals surface area contributed by atoms with E-state index < -0.39 is 0 Å². The number of rotatable bonds is 2. The van der Waals surface area contributed by atoms with Crippen LogP contribution in [0.1, 0.15) is 17.2 Å². The third-order valence-electron chi connectivity index (χ3n) is 2.34. The van der Waals surface area contributed by atoms with E-state index in [1.54, 1.807) is 18.5 Å². The number of hydrogen-bond acceptors (Lipinski definition) is 2. The molecule has 1 atom stereocenters. The highest BCUT2D eigenvalue weighted by molar-refractivity contribution is 9.10. The average molecular weight is 281 g/mol. The second-order valence-electron chi connectivity index (χ2n) is 3.43. The summed E-state index contributed by atoms with van der Waals surface area (Å²) >= 11 is 3.36. The Labute approximate surface area is 101 Å². The van der Waals surface area contributed by atoms with Crippen molar-refractivity contribution in [2.45, 2.75) is 6.04 Å². The zero-order valence-electron chi connectivity index (χ0n) is 8.40. The molecule has 0 saturated carbocycles. The van der Waals surface area contributed by atoms with Crippen LogP contribution in [0, 0.1) is 5.82 Å². The van der Waals surface area contributed by atoms with Crippen LogP contribution >= 0.6 is 15.9 Å². The molecule has 1 unspecified atom stereocenters. The standard InChI is InChI=1S/C12H10BrFN2/c13-11-4-3-9(14)6-10(11)12(15)8-2-1-5-16-7-8/h1-7,12H,15H2. The molecule has 4 heteroatoms. The van der Waals surface area contributed by atoms with Gasteiger partial charge in [-0.25, -0.2) is 4.39 Å². The molecule has 1 aromatic carbocycles. The number of nitrogens with zero attached hydrogens (tertiary/aromatic N) is 1. The van der Waals surface area contributed by atoms with E-state index in [1.165, 1.54) is 12.1 Å². The van der Waals surface area contributed by atoms with Crippen molar-refractivity contribution in [1.82, 2.24) is 4.98 Å². The summed E-state index contributed by atoms with van der Waals surface area (Å²) in [5, 5.41) is 0. The quantitative estimate of drug-likeness (QED) is 0.919. The Kier molecular flexibility index (Phi) is 3.31. The lowest BCUT2D eigenvalue weighted by Crippen LogP contribution is -2.12. The molecule has 0 fully saturated rings. The van der Waals surface area contributed by atoms with Crippen molar-refractivity contribution in [3.05, 3.63) is 64.1 Å². The second-order valence-corrected chi connectivity index (χ2v) is 4.28. The molecule has 2 nitrogen and oxygen atoms in total. The molecule has 0 saturated heterocycles. The fourth-order valence-corrected chi connectivity index (χ4v) is 1.99. The van der Waals surface area contributed by atoms with Gasteiger partial charge in [-0.3, -0.25) is 4.98 Å². The van der Waals surface area contributed by atoms with E-state index in [2.05, 4.69) is 20.9 Å². The highest BCUT2D eigenvalue weighted by Gasteiger charge is 2.12. The molecule has 2 rings (SSSR count). The van der Waals surface area contributed by atoms with Gasteiger partial charge in [0.1, 0.15) is 5.82 Å². The highest BCUT2D eigenvalue weighted by atomic mass is 79.9. The summed E-state index contributed by atoms with van der Waals surface area (Å²) in [7, 11) is 0. The third-order valence-corrected chi connectivity index (χ3v) is 3.06. The number of halogens is 2. The van der Waals surface area contributed by atoms with Crippen LogP contribution in [0.3, 0.4) is 0 Å². The summed E-state index contributed by atoms with van der Waals surface area (Å²) in [6.45, 7) is 0. The first-order chi connectivity index (χ1) is 7.68. The van der Waals surface area contributed by atoms with Gasteiger partial charge in [0.2, 0.25) is 0 Å². The minimum absolute atomic E-state index is 0.294.